The zero-order chi connectivity index (χ0) is 20.3. The molecule has 0 aliphatic rings. The molecule has 2 N–H and O–H groups in total. The molecule has 0 aliphatic carbocycles. The Morgan fingerprint density at radius 3 is 2.43 bits per heavy atom. The number of hydrogen-bond donors (Lipinski definition) is 2. The van der Waals surface area contributed by atoms with Crippen LogP contribution in [0.15, 0.2) is 74.4 Å². The van der Waals surface area contributed by atoms with E-state index in [1.165, 1.54) is 18.2 Å². The van der Waals surface area contributed by atoms with Crippen LogP contribution in [-0.4, -0.2) is 14.3 Å². The number of rotatable bonds is 6. The van der Waals surface area contributed by atoms with E-state index in [4.69, 9.17) is 4.42 Å². The lowest BCUT2D eigenvalue weighted by molar-refractivity contribution is 0.0935. The van der Waals surface area contributed by atoms with Gasteiger partial charge in [-0.1, -0.05) is 22.0 Å². The third kappa shape index (κ3) is 4.82. The molecule has 3 aromatic rings. The van der Waals surface area contributed by atoms with Gasteiger partial charge in [-0.05, 0) is 68.4 Å². The van der Waals surface area contributed by atoms with Crippen LogP contribution in [0.2, 0.25) is 0 Å². The number of amides is 1. The van der Waals surface area contributed by atoms with Crippen molar-refractivity contribution in [2.75, 3.05) is 4.72 Å². The van der Waals surface area contributed by atoms with Gasteiger partial charge in [0.25, 0.3) is 15.9 Å². The molecule has 1 aromatic heterocycles. The molecule has 28 heavy (non-hydrogen) atoms. The van der Waals surface area contributed by atoms with Gasteiger partial charge in [-0.2, -0.15) is 0 Å². The Morgan fingerprint density at radius 2 is 1.79 bits per heavy atom. The minimum atomic E-state index is -3.75. The highest BCUT2D eigenvalue weighted by Crippen LogP contribution is 2.20. The van der Waals surface area contributed by atoms with E-state index < -0.39 is 10.0 Å². The first-order valence-corrected chi connectivity index (χ1v) is 10.8. The third-order valence-electron chi connectivity index (χ3n) is 4.04. The van der Waals surface area contributed by atoms with Gasteiger partial charge in [0.15, 0.2) is 0 Å². The van der Waals surface area contributed by atoms with E-state index >= 15 is 0 Å². The van der Waals surface area contributed by atoms with Crippen LogP contribution in [0.25, 0.3) is 0 Å². The minimum absolute atomic E-state index is 0.132. The molecule has 146 valence electrons. The average molecular weight is 463 g/mol. The smallest absolute Gasteiger partial charge is 0.261 e. The molecule has 0 saturated carbocycles. The number of hydrogen-bond acceptors (Lipinski definition) is 4. The second-order valence-corrected chi connectivity index (χ2v) is 8.88. The summed E-state index contributed by atoms with van der Waals surface area (Å²) in [5, 5.41) is 2.84. The monoisotopic (exact) mass is 462 g/mol. The van der Waals surface area contributed by atoms with Gasteiger partial charge in [0.1, 0.15) is 11.5 Å². The molecule has 1 heterocycles. The summed E-state index contributed by atoms with van der Waals surface area (Å²) in [6.45, 7) is 3.65. The van der Waals surface area contributed by atoms with E-state index in [2.05, 4.69) is 26.0 Å². The first kappa shape index (κ1) is 20.2. The number of anilines is 1. The Hall–Kier alpha value is -2.58. The van der Waals surface area contributed by atoms with Crippen LogP contribution >= 0.6 is 15.9 Å². The molecule has 0 radical (unpaired) electrons. The van der Waals surface area contributed by atoms with E-state index in [0.717, 1.165) is 10.2 Å². The van der Waals surface area contributed by atoms with Gasteiger partial charge in [0.2, 0.25) is 0 Å². The predicted octanol–water partition coefficient (Wildman–Crippen LogP) is 4.64. The maximum atomic E-state index is 12.5. The van der Waals surface area contributed by atoms with Crippen molar-refractivity contribution in [3.63, 3.8) is 0 Å². The van der Waals surface area contributed by atoms with Crippen LogP contribution in [0.4, 0.5) is 5.69 Å². The van der Waals surface area contributed by atoms with Crippen molar-refractivity contribution in [3.8, 4) is 0 Å². The van der Waals surface area contributed by atoms with Crippen LogP contribution in [0.3, 0.4) is 0 Å². The molecule has 2 aromatic carbocycles. The maximum absolute atomic E-state index is 12.5. The summed E-state index contributed by atoms with van der Waals surface area (Å²) in [4.78, 5) is 12.7. The van der Waals surface area contributed by atoms with Gasteiger partial charge in [0, 0.05) is 15.7 Å². The van der Waals surface area contributed by atoms with Crippen LogP contribution < -0.4 is 10.0 Å². The Morgan fingerprint density at radius 1 is 1.07 bits per heavy atom. The molecule has 3 rings (SSSR count). The standard InChI is InChI=1S/C20H19BrN2O4S/c1-13-6-11-19(27-13)14(2)22-20(24)15-4-3-5-17(12-15)23-28(25,26)18-9-7-16(21)8-10-18/h3-12,14,23H,1-2H3,(H,22,24). The van der Waals surface area contributed by atoms with Crippen LogP contribution in [0.5, 0.6) is 0 Å². The van der Waals surface area contributed by atoms with E-state index in [0.29, 0.717) is 17.0 Å². The molecule has 1 amide bonds. The molecule has 0 aliphatic heterocycles. The first-order chi connectivity index (χ1) is 13.2. The van der Waals surface area contributed by atoms with Crippen molar-refractivity contribution in [2.24, 2.45) is 0 Å². The molecule has 1 atom stereocenters. The summed E-state index contributed by atoms with van der Waals surface area (Å²) in [5.41, 5.74) is 0.642. The van der Waals surface area contributed by atoms with Crippen molar-refractivity contribution >= 4 is 37.5 Å². The van der Waals surface area contributed by atoms with Crippen molar-refractivity contribution in [3.05, 3.63) is 82.2 Å². The van der Waals surface area contributed by atoms with Gasteiger partial charge in [-0.3, -0.25) is 9.52 Å². The topological polar surface area (TPSA) is 88.4 Å². The van der Waals surface area contributed by atoms with Gasteiger partial charge in [-0.15, -0.1) is 0 Å². The van der Waals surface area contributed by atoms with Gasteiger partial charge in [0.05, 0.1) is 10.9 Å². The second kappa shape index (κ2) is 8.20. The average Bonchev–Trinajstić information content (AvgIpc) is 3.08. The summed E-state index contributed by atoms with van der Waals surface area (Å²) >= 11 is 3.28. The van der Waals surface area contributed by atoms with E-state index in [-0.39, 0.29) is 16.8 Å². The number of benzene rings is 2. The number of carbonyl (C=O) groups is 1. The summed E-state index contributed by atoms with van der Waals surface area (Å²) in [6, 6.07) is 15.9. The maximum Gasteiger partial charge on any atom is 0.261 e. The fourth-order valence-corrected chi connectivity index (χ4v) is 3.90. The number of halogens is 1. The minimum Gasteiger partial charge on any atom is -0.464 e. The van der Waals surface area contributed by atoms with E-state index in [1.54, 1.807) is 30.3 Å². The molecule has 1 unspecified atom stereocenters. The molecule has 0 bridgehead atoms. The Balaban J connectivity index is 1.74. The summed E-state index contributed by atoms with van der Waals surface area (Å²) in [7, 11) is -3.75. The van der Waals surface area contributed by atoms with Gasteiger partial charge in [-0.25, -0.2) is 8.42 Å². The zero-order valence-electron chi connectivity index (χ0n) is 15.3. The van der Waals surface area contributed by atoms with Crippen LogP contribution in [0, 0.1) is 6.92 Å². The lowest BCUT2D eigenvalue weighted by Crippen LogP contribution is -2.26. The zero-order valence-corrected chi connectivity index (χ0v) is 17.7. The number of sulfonamides is 1. The van der Waals surface area contributed by atoms with Gasteiger partial charge >= 0.3 is 0 Å². The van der Waals surface area contributed by atoms with Gasteiger partial charge < -0.3 is 9.73 Å². The van der Waals surface area contributed by atoms with Crippen molar-refractivity contribution in [1.82, 2.24) is 5.32 Å². The van der Waals surface area contributed by atoms with Crippen molar-refractivity contribution in [2.45, 2.75) is 24.8 Å². The fraction of sp³-hybridized carbons (Fsp3) is 0.150. The van der Waals surface area contributed by atoms with Crippen LogP contribution in [-0.2, 0) is 10.0 Å². The third-order valence-corrected chi connectivity index (χ3v) is 5.96. The van der Waals surface area contributed by atoms with Crippen molar-refractivity contribution in [1.29, 1.82) is 0 Å². The lowest BCUT2D eigenvalue weighted by atomic mass is 10.1. The number of nitrogens with one attached hydrogen (secondary N) is 2. The molecule has 0 saturated heterocycles. The molecule has 6 nitrogen and oxygen atoms in total. The predicted molar refractivity (Wildman–Crippen MR) is 111 cm³/mol. The first-order valence-electron chi connectivity index (χ1n) is 8.50. The highest BCUT2D eigenvalue weighted by atomic mass is 79.9. The lowest BCUT2D eigenvalue weighted by Gasteiger charge is -2.13. The Bertz CT molecular complexity index is 1090. The summed E-state index contributed by atoms with van der Waals surface area (Å²) < 4.78 is 33.8. The Kier molecular flexibility index (Phi) is 5.90. The molecular weight excluding hydrogens is 444 g/mol. The quantitative estimate of drug-likeness (QED) is 0.558. The van der Waals surface area contributed by atoms with E-state index in [1.807, 2.05) is 26.0 Å². The number of aryl methyl sites for hydroxylation is 1. The normalized spacial score (nSPS) is 12.4. The largest absolute Gasteiger partial charge is 0.464 e. The van der Waals surface area contributed by atoms with Crippen molar-refractivity contribution < 1.29 is 17.6 Å². The SMILES string of the molecule is Cc1ccc(C(C)NC(=O)c2cccc(NS(=O)(=O)c3ccc(Br)cc3)c2)o1. The fourth-order valence-electron chi connectivity index (χ4n) is 2.59. The van der Waals surface area contributed by atoms with Crippen LogP contribution in [0.1, 0.15) is 34.8 Å². The molecule has 8 heteroatoms. The second-order valence-electron chi connectivity index (χ2n) is 6.28. The summed E-state index contributed by atoms with van der Waals surface area (Å²) in [6.07, 6.45) is 0. The Labute approximate surface area is 172 Å². The highest BCUT2D eigenvalue weighted by molar-refractivity contribution is 9.10. The molecular formula is C20H19BrN2O4S. The number of furan rings is 1. The summed E-state index contributed by atoms with van der Waals surface area (Å²) in [5.74, 6) is 1.09. The molecule has 0 spiro atoms. The molecule has 0 fully saturated rings. The highest BCUT2D eigenvalue weighted by Gasteiger charge is 2.17. The van der Waals surface area contributed by atoms with E-state index in [9.17, 15) is 13.2 Å². The number of carbonyl (C=O) groups excluding carboxylic acids is 1.